The highest BCUT2D eigenvalue weighted by Gasteiger charge is 2.73. The van der Waals surface area contributed by atoms with Crippen LogP contribution in [-0.4, -0.2) is 68.7 Å². The number of rotatable bonds is 5. The predicted octanol–water partition coefficient (Wildman–Crippen LogP) is 4.62. The highest BCUT2D eigenvalue weighted by Crippen LogP contribution is 2.67. The second kappa shape index (κ2) is 7.72. The molecule has 1 N–H and O–H groups in total. The number of ether oxygens (including phenoxy) is 3. The van der Waals surface area contributed by atoms with Gasteiger partial charge in [0.05, 0.1) is 24.2 Å². The van der Waals surface area contributed by atoms with Crippen molar-refractivity contribution >= 4 is 8.32 Å². The van der Waals surface area contributed by atoms with E-state index in [0.717, 1.165) is 56.2 Å². The number of hydrogen-bond donors (Lipinski definition) is 1. The van der Waals surface area contributed by atoms with E-state index >= 15 is 0 Å². The summed E-state index contributed by atoms with van der Waals surface area (Å²) in [7, 11) is -2.07. The lowest BCUT2D eigenvalue weighted by molar-refractivity contribution is -0.224. The first kappa shape index (κ1) is 24.0. The van der Waals surface area contributed by atoms with Gasteiger partial charge in [0.25, 0.3) is 8.32 Å². The quantitative estimate of drug-likeness (QED) is 0.580. The van der Waals surface area contributed by atoms with Gasteiger partial charge in [-0.15, -0.1) is 0 Å². The minimum Gasteiger partial charge on any atom is -0.541 e. The number of nitrogens with zero attached hydrogens (tertiary/aromatic N) is 1. The lowest BCUT2D eigenvalue weighted by atomic mass is 9.47. The second-order valence-electron chi connectivity index (χ2n) is 13.9. The molecule has 7 heteroatoms. The smallest absolute Gasteiger partial charge is 0.250 e. The van der Waals surface area contributed by atoms with Crippen LogP contribution in [0.4, 0.5) is 0 Å². The van der Waals surface area contributed by atoms with E-state index < -0.39 is 19.3 Å². The zero-order valence-electron chi connectivity index (χ0n) is 22.6. The molecule has 7 rings (SSSR count). The van der Waals surface area contributed by atoms with E-state index in [2.05, 4.69) is 50.9 Å². The van der Waals surface area contributed by atoms with Gasteiger partial charge in [0.2, 0.25) is 0 Å². The van der Waals surface area contributed by atoms with Crippen LogP contribution in [0.1, 0.15) is 64.0 Å². The van der Waals surface area contributed by atoms with Crippen LogP contribution < -0.4 is 9.16 Å². The first-order chi connectivity index (χ1) is 17.1. The van der Waals surface area contributed by atoms with Crippen molar-refractivity contribution in [2.75, 3.05) is 26.3 Å². The maximum absolute atomic E-state index is 12.8. The van der Waals surface area contributed by atoms with Crippen molar-refractivity contribution in [3.05, 3.63) is 23.3 Å². The van der Waals surface area contributed by atoms with Gasteiger partial charge in [-0.25, -0.2) is 0 Å². The molecule has 0 radical (unpaired) electrons. The fourth-order valence-corrected chi connectivity index (χ4v) is 8.94. The Bertz CT molecular complexity index is 1060. The third-order valence-corrected chi connectivity index (χ3v) is 15.3. The third kappa shape index (κ3) is 3.16. The van der Waals surface area contributed by atoms with Gasteiger partial charge in [-0.2, -0.15) is 0 Å². The molecular formula is C29H43NO5Si. The van der Waals surface area contributed by atoms with Gasteiger partial charge < -0.3 is 23.7 Å². The maximum Gasteiger partial charge on any atom is 0.250 e. The lowest BCUT2D eigenvalue weighted by Crippen LogP contribution is -2.77. The average molecular weight is 514 g/mol. The molecule has 2 bridgehead atoms. The van der Waals surface area contributed by atoms with E-state index in [0.29, 0.717) is 13.2 Å². The van der Waals surface area contributed by atoms with Gasteiger partial charge in [-0.3, -0.25) is 4.90 Å². The molecule has 1 unspecified atom stereocenters. The SMILES string of the molecule is CC(C)(C)[Si](C)(C)Oc1ccc2c3c1O[C@H]1C(C4OCCO4)CC[C@@]4(O)[C@@H](C2)N(CC2CC2)CC[C@]314. The molecule has 3 aliphatic carbocycles. The van der Waals surface area contributed by atoms with E-state index in [9.17, 15) is 5.11 Å². The summed E-state index contributed by atoms with van der Waals surface area (Å²) in [5.41, 5.74) is 1.37. The largest absolute Gasteiger partial charge is 0.541 e. The monoisotopic (exact) mass is 513 g/mol. The Kier molecular flexibility index (Phi) is 5.14. The number of benzene rings is 1. The Morgan fingerprint density at radius 2 is 1.86 bits per heavy atom. The Morgan fingerprint density at radius 3 is 2.56 bits per heavy atom. The molecule has 198 valence electrons. The summed E-state index contributed by atoms with van der Waals surface area (Å²) in [5.74, 6) is 2.70. The van der Waals surface area contributed by atoms with E-state index in [1.54, 1.807) is 0 Å². The van der Waals surface area contributed by atoms with Crippen molar-refractivity contribution in [3.63, 3.8) is 0 Å². The van der Waals surface area contributed by atoms with E-state index in [1.165, 1.54) is 24.0 Å². The van der Waals surface area contributed by atoms with Gasteiger partial charge in [-0.05, 0) is 80.7 Å². The third-order valence-electron chi connectivity index (χ3n) is 11.0. The van der Waals surface area contributed by atoms with Crippen molar-refractivity contribution in [2.24, 2.45) is 11.8 Å². The highest BCUT2D eigenvalue weighted by molar-refractivity contribution is 6.74. The molecule has 3 heterocycles. The molecule has 0 amide bonds. The van der Waals surface area contributed by atoms with Crippen LogP contribution in [0.2, 0.25) is 18.1 Å². The molecule has 6 nitrogen and oxygen atoms in total. The van der Waals surface area contributed by atoms with E-state index in [1.807, 2.05) is 0 Å². The molecular weight excluding hydrogens is 470 g/mol. The Morgan fingerprint density at radius 1 is 1.11 bits per heavy atom. The highest BCUT2D eigenvalue weighted by atomic mass is 28.4. The van der Waals surface area contributed by atoms with Crippen LogP contribution in [-0.2, 0) is 21.3 Å². The minimum atomic E-state index is -2.07. The normalized spacial score (nSPS) is 38.1. The Balaban J connectivity index is 1.36. The van der Waals surface area contributed by atoms with Gasteiger partial charge in [0.15, 0.2) is 12.0 Å². The molecule has 4 fully saturated rings. The molecule has 36 heavy (non-hydrogen) atoms. The molecule has 0 aromatic heterocycles. The molecule has 1 aromatic carbocycles. The first-order valence-electron chi connectivity index (χ1n) is 14.3. The van der Waals surface area contributed by atoms with Crippen LogP contribution in [0.25, 0.3) is 0 Å². The van der Waals surface area contributed by atoms with Gasteiger partial charge in [0, 0.05) is 24.1 Å². The van der Waals surface area contributed by atoms with E-state index in [4.69, 9.17) is 18.6 Å². The summed E-state index contributed by atoms with van der Waals surface area (Å²) in [6.45, 7) is 14.9. The Hall–Kier alpha value is -1.12. The average Bonchev–Trinajstić information content (AvgIpc) is 3.31. The molecule has 1 aromatic rings. The zero-order chi connectivity index (χ0) is 25.1. The fourth-order valence-electron chi connectivity index (χ4n) is 7.92. The van der Waals surface area contributed by atoms with Gasteiger partial charge in [-0.1, -0.05) is 26.8 Å². The van der Waals surface area contributed by atoms with Crippen molar-refractivity contribution in [1.82, 2.24) is 4.90 Å². The number of hydrogen-bond acceptors (Lipinski definition) is 6. The fraction of sp³-hybridized carbons (Fsp3) is 0.793. The van der Waals surface area contributed by atoms with E-state index in [-0.39, 0.29) is 29.4 Å². The molecule has 2 saturated carbocycles. The summed E-state index contributed by atoms with van der Waals surface area (Å²) < 4.78 is 26.1. The van der Waals surface area contributed by atoms with Crippen molar-refractivity contribution in [3.8, 4) is 11.5 Å². The summed E-state index contributed by atoms with van der Waals surface area (Å²) in [4.78, 5) is 2.63. The summed E-state index contributed by atoms with van der Waals surface area (Å²) in [5, 5.41) is 12.9. The Labute approximate surface area is 216 Å². The van der Waals surface area contributed by atoms with Crippen LogP contribution >= 0.6 is 0 Å². The summed E-state index contributed by atoms with van der Waals surface area (Å²) in [6, 6.07) is 4.59. The van der Waals surface area contributed by atoms with Crippen LogP contribution in [0, 0.1) is 11.8 Å². The molecule has 2 saturated heterocycles. The first-order valence-corrected chi connectivity index (χ1v) is 17.2. The van der Waals surface area contributed by atoms with Crippen molar-refractivity contribution < 1.29 is 23.7 Å². The summed E-state index contributed by atoms with van der Waals surface area (Å²) >= 11 is 0. The maximum atomic E-state index is 12.8. The van der Waals surface area contributed by atoms with Gasteiger partial charge >= 0.3 is 0 Å². The van der Waals surface area contributed by atoms with Crippen LogP contribution in [0.5, 0.6) is 11.5 Å². The summed E-state index contributed by atoms with van der Waals surface area (Å²) in [6.07, 6.45) is 5.73. The van der Waals surface area contributed by atoms with Crippen molar-refractivity contribution in [2.45, 2.75) is 107 Å². The van der Waals surface area contributed by atoms with Crippen LogP contribution in [0.15, 0.2) is 12.1 Å². The number of piperidine rings is 1. The molecule has 1 spiro atoms. The van der Waals surface area contributed by atoms with Crippen LogP contribution in [0.3, 0.4) is 0 Å². The zero-order valence-corrected chi connectivity index (χ0v) is 23.6. The van der Waals surface area contributed by atoms with Crippen molar-refractivity contribution in [1.29, 1.82) is 0 Å². The molecule has 3 aliphatic heterocycles. The molecule has 6 aliphatic rings. The predicted molar refractivity (Wildman–Crippen MR) is 140 cm³/mol. The standard InChI is InChI=1S/C29H43NO5Si/c1-27(2,3)36(4,5)35-21-9-8-19-16-22-29(31)11-10-20(26-32-14-15-33-26)25-28(29,23(19)24(21)34-25)12-13-30(22)17-18-6-7-18/h8-9,18,20,22,25-26,31H,6-7,10-17H2,1-5H3/t20?,22-,25+,28+,29-/m1/s1. The second-order valence-corrected chi connectivity index (χ2v) is 18.7. The van der Waals surface area contributed by atoms with Gasteiger partial charge in [0.1, 0.15) is 11.9 Å². The molecule has 5 atom stereocenters. The topological polar surface area (TPSA) is 60.4 Å². The lowest BCUT2D eigenvalue weighted by Gasteiger charge is -2.64. The minimum absolute atomic E-state index is 0.0906. The number of aliphatic hydroxyl groups is 1. The number of likely N-dealkylation sites (tertiary alicyclic amines) is 1.